The van der Waals surface area contributed by atoms with E-state index >= 15 is 0 Å². The third kappa shape index (κ3) is 2.95. The first-order chi connectivity index (χ1) is 8.85. The number of hydrogen-bond acceptors (Lipinski definition) is 2. The lowest BCUT2D eigenvalue weighted by molar-refractivity contribution is 0.112. The lowest BCUT2D eigenvalue weighted by atomic mass is 10.0. The Morgan fingerprint density at radius 3 is 2.89 bits per heavy atom. The van der Waals surface area contributed by atoms with E-state index < -0.39 is 0 Å². The Balaban J connectivity index is 2.18. The first-order valence-corrected chi connectivity index (χ1v) is 6.68. The van der Waals surface area contributed by atoms with E-state index in [4.69, 9.17) is 0 Å². The zero-order valence-electron chi connectivity index (χ0n) is 10.9. The van der Waals surface area contributed by atoms with Crippen LogP contribution in [0.25, 0.3) is 10.9 Å². The maximum absolute atomic E-state index is 11.0. The Hall–Kier alpha value is -1.70. The maximum atomic E-state index is 11.0. The van der Waals surface area contributed by atoms with Crippen molar-refractivity contribution in [1.29, 1.82) is 0 Å². The Morgan fingerprint density at radius 1 is 1.22 bits per heavy atom. The van der Waals surface area contributed by atoms with Gasteiger partial charge in [0.2, 0.25) is 0 Å². The van der Waals surface area contributed by atoms with Crippen molar-refractivity contribution in [2.24, 2.45) is 0 Å². The van der Waals surface area contributed by atoms with E-state index in [0.29, 0.717) is 0 Å². The van der Waals surface area contributed by atoms with Crippen LogP contribution in [0.1, 0.15) is 48.5 Å². The number of aldehydes is 1. The molecule has 0 saturated carbocycles. The molecular formula is C16H19NO. The number of fused-ring (bicyclic) bond motifs is 1. The van der Waals surface area contributed by atoms with Gasteiger partial charge in [-0.05, 0) is 30.5 Å². The average Bonchev–Trinajstić information content (AvgIpc) is 2.43. The van der Waals surface area contributed by atoms with E-state index in [1.54, 1.807) is 0 Å². The fourth-order valence-corrected chi connectivity index (χ4v) is 2.21. The summed E-state index contributed by atoms with van der Waals surface area (Å²) in [6, 6.07) is 7.78. The summed E-state index contributed by atoms with van der Waals surface area (Å²) < 4.78 is 0. The van der Waals surface area contributed by atoms with Gasteiger partial charge in [0.05, 0.1) is 5.52 Å². The molecule has 0 aliphatic heterocycles. The zero-order valence-corrected chi connectivity index (χ0v) is 10.9. The van der Waals surface area contributed by atoms with E-state index in [1.807, 2.05) is 24.4 Å². The van der Waals surface area contributed by atoms with E-state index in [2.05, 4.69) is 18.0 Å². The van der Waals surface area contributed by atoms with Crippen molar-refractivity contribution in [1.82, 2.24) is 4.98 Å². The van der Waals surface area contributed by atoms with Crippen LogP contribution in [0.2, 0.25) is 0 Å². The second kappa shape index (κ2) is 6.29. The highest BCUT2D eigenvalue weighted by Gasteiger charge is 2.02. The minimum atomic E-state index is 0.732. The summed E-state index contributed by atoms with van der Waals surface area (Å²) in [7, 11) is 0. The predicted octanol–water partition coefficient (Wildman–Crippen LogP) is 4.17. The van der Waals surface area contributed by atoms with Gasteiger partial charge in [0.1, 0.15) is 0 Å². The van der Waals surface area contributed by atoms with Crippen molar-refractivity contribution >= 4 is 17.2 Å². The van der Waals surface area contributed by atoms with Crippen molar-refractivity contribution < 1.29 is 4.79 Å². The number of carbonyl (C=O) groups is 1. The molecule has 94 valence electrons. The Morgan fingerprint density at radius 2 is 2.11 bits per heavy atom. The summed E-state index contributed by atoms with van der Waals surface area (Å²) in [5.41, 5.74) is 2.86. The number of rotatable bonds is 6. The van der Waals surface area contributed by atoms with Crippen LogP contribution in [0.5, 0.6) is 0 Å². The minimum Gasteiger partial charge on any atom is -0.298 e. The fourth-order valence-electron chi connectivity index (χ4n) is 2.21. The smallest absolute Gasteiger partial charge is 0.150 e. The Labute approximate surface area is 108 Å². The van der Waals surface area contributed by atoms with Crippen molar-refractivity contribution in [3.63, 3.8) is 0 Å². The van der Waals surface area contributed by atoms with Gasteiger partial charge in [-0.15, -0.1) is 0 Å². The SMILES string of the molecule is CCCCCCc1cnc2cccc(C=O)c2c1. The van der Waals surface area contributed by atoms with Gasteiger partial charge in [-0.2, -0.15) is 0 Å². The molecule has 18 heavy (non-hydrogen) atoms. The van der Waals surface area contributed by atoms with Crippen LogP contribution in [0.4, 0.5) is 0 Å². The summed E-state index contributed by atoms with van der Waals surface area (Å²) in [4.78, 5) is 15.4. The number of pyridine rings is 1. The first-order valence-electron chi connectivity index (χ1n) is 6.68. The van der Waals surface area contributed by atoms with Crippen molar-refractivity contribution in [2.45, 2.75) is 39.0 Å². The van der Waals surface area contributed by atoms with E-state index in [9.17, 15) is 4.79 Å². The largest absolute Gasteiger partial charge is 0.298 e. The number of carbonyl (C=O) groups excluding carboxylic acids is 1. The molecule has 2 heteroatoms. The molecule has 2 rings (SSSR count). The average molecular weight is 241 g/mol. The van der Waals surface area contributed by atoms with Crippen molar-refractivity contribution in [3.8, 4) is 0 Å². The van der Waals surface area contributed by atoms with Crippen molar-refractivity contribution in [2.75, 3.05) is 0 Å². The molecule has 2 nitrogen and oxygen atoms in total. The minimum absolute atomic E-state index is 0.732. The normalized spacial score (nSPS) is 10.7. The predicted molar refractivity (Wildman–Crippen MR) is 75.0 cm³/mol. The molecule has 2 aromatic rings. The molecule has 0 radical (unpaired) electrons. The second-order valence-corrected chi connectivity index (χ2v) is 4.69. The van der Waals surface area contributed by atoms with Gasteiger partial charge in [-0.25, -0.2) is 0 Å². The quantitative estimate of drug-likeness (QED) is 0.561. The number of benzene rings is 1. The molecule has 0 fully saturated rings. The summed E-state index contributed by atoms with van der Waals surface area (Å²) in [6.07, 6.45) is 8.91. The molecule has 0 aliphatic rings. The molecule has 1 heterocycles. The van der Waals surface area contributed by atoms with Crippen LogP contribution in [-0.4, -0.2) is 11.3 Å². The van der Waals surface area contributed by atoms with Crippen LogP contribution in [0, 0.1) is 0 Å². The highest BCUT2D eigenvalue weighted by molar-refractivity contribution is 5.96. The summed E-state index contributed by atoms with van der Waals surface area (Å²) in [5.74, 6) is 0. The topological polar surface area (TPSA) is 30.0 Å². The lowest BCUT2D eigenvalue weighted by Gasteiger charge is -2.04. The van der Waals surface area contributed by atoms with Crippen LogP contribution < -0.4 is 0 Å². The molecule has 0 N–H and O–H groups in total. The van der Waals surface area contributed by atoms with Gasteiger partial charge in [0.25, 0.3) is 0 Å². The third-order valence-electron chi connectivity index (χ3n) is 3.26. The molecule has 0 aliphatic carbocycles. The van der Waals surface area contributed by atoms with E-state index in [0.717, 1.165) is 29.2 Å². The monoisotopic (exact) mass is 241 g/mol. The van der Waals surface area contributed by atoms with E-state index in [-0.39, 0.29) is 0 Å². The van der Waals surface area contributed by atoms with Crippen molar-refractivity contribution in [3.05, 3.63) is 41.6 Å². The van der Waals surface area contributed by atoms with Crippen LogP contribution in [0.15, 0.2) is 30.5 Å². The van der Waals surface area contributed by atoms with Gasteiger partial charge < -0.3 is 0 Å². The highest BCUT2D eigenvalue weighted by Crippen LogP contribution is 2.18. The standard InChI is InChI=1S/C16H19NO/c1-2-3-4-5-7-13-10-15-14(12-18)8-6-9-16(15)17-11-13/h6,8-12H,2-5,7H2,1H3. The van der Waals surface area contributed by atoms with Crippen LogP contribution in [0.3, 0.4) is 0 Å². The molecule has 0 spiro atoms. The number of unbranched alkanes of at least 4 members (excludes halogenated alkanes) is 3. The van der Waals surface area contributed by atoms with Gasteiger partial charge in [-0.3, -0.25) is 9.78 Å². The van der Waals surface area contributed by atoms with Gasteiger partial charge in [-0.1, -0.05) is 38.3 Å². The molecule has 0 atom stereocenters. The molecule has 0 amide bonds. The summed E-state index contributed by atoms with van der Waals surface area (Å²) >= 11 is 0. The van der Waals surface area contributed by atoms with E-state index in [1.165, 1.54) is 31.2 Å². The fraction of sp³-hybridized carbons (Fsp3) is 0.375. The Kier molecular flexibility index (Phi) is 4.46. The molecule has 1 aromatic heterocycles. The number of aromatic nitrogens is 1. The Bertz CT molecular complexity index is 534. The molecule has 0 unspecified atom stereocenters. The number of nitrogens with zero attached hydrogens (tertiary/aromatic N) is 1. The molecular weight excluding hydrogens is 222 g/mol. The van der Waals surface area contributed by atoms with Gasteiger partial charge in [0.15, 0.2) is 6.29 Å². The number of hydrogen-bond donors (Lipinski definition) is 0. The zero-order chi connectivity index (χ0) is 12.8. The molecule has 1 aromatic carbocycles. The van der Waals surface area contributed by atoms with Gasteiger partial charge >= 0.3 is 0 Å². The lowest BCUT2D eigenvalue weighted by Crippen LogP contribution is -1.91. The summed E-state index contributed by atoms with van der Waals surface area (Å²) in [5, 5.41) is 0.973. The second-order valence-electron chi connectivity index (χ2n) is 4.69. The van der Waals surface area contributed by atoms with Gasteiger partial charge in [0, 0.05) is 17.1 Å². The summed E-state index contributed by atoms with van der Waals surface area (Å²) in [6.45, 7) is 2.22. The molecule has 0 saturated heterocycles. The number of aryl methyl sites for hydroxylation is 1. The third-order valence-corrected chi connectivity index (χ3v) is 3.26. The molecule has 0 bridgehead atoms. The van der Waals surface area contributed by atoms with Crippen LogP contribution >= 0.6 is 0 Å². The maximum Gasteiger partial charge on any atom is 0.150 e. The van der Waals surface area contributed by atoms with Crippen LogP contribution in [-0.2, 0) is 6.42 Å². The highest BCUT2D eigenvalue weighted by atomic mass is 16.1. The first kappa shape index (κ1) is 12.7.